The first-order valence-corrected chi connectivity index (χ1v) is 9.15. The van der Waals surface area contributed by atoms with Crippen LogP contribution in [0.5, 0.6) is 5.75 Å². The van der Waals surface area contributed by atoms with Crippen molar-refractivity contribution in [1.82, 2.24) is 24.9 Å². The van der Waals surface area contributed by atoms with Crippen molar-refractivity contribution in [2.24, 2.45) is 0 Å². The molecule has 2 heterocycles. The predicted molar refractivity (Wildman–Crippen MR) is 105 cm³/mol. The van der Waals surface area contributed by atoms with Crippen LogP contribution in [0.2, 0.25) is 0 Å². The van der Waals surface area contributed by atoms with Crippen molar-refractivity contribution in [3.05, 3.63) is 70.0 Å². The molecule has 1 unspecified atom stereocenters. The summed E-state index contributed by atoms with van der Waals surface area (Å²) in [6, 6.07) is 10.5. The Morgan fingerprint density at radius 2 is 2.00 bits per heavy atom. The van der Waals surface area contributed by atoms with Gasteiger partial charge in [0.05, 0.1) is 12.2 Å². The molecule has 1 aromatic carbocycles. The van der Waals surface area contributed by atoms with Gasteiger partial charge in [0.25, 0.3) is 11.5 Å². The van der Waals surface area contributed by atoms with E-state index in [1.165, 1.54) is 28.9 Å². The summed E-state index contributed by atoms with van der Waals surface area (Å²) in [6.45, 7) is 5.71. The van der Waals surface area contributed by atoms with E-state index in [1.54, 1.807) is 23.7 Å². The number of nitrogens with one attached hydrogen (secondary N) is 1. The quantitative estimate of drug-likeness (QED) is 0.654. The third-order valence-corrected chi connectivity index (χ3v) is 4.18. The average molecular weight is 399 g/mol. The summed E-state index contributed by atoms with van der Waals surface area (Å²) < 4.78 is 21.5. The Balaban J connectivity index is 1.59. The maximum absolute atomic E-state index is 13.2. The molecule has 0 aliphatic heterocycles. The predicted octanol–water partition coefficient (Wildman–Crippen LogP) is 1.77. The number of nitrogens with zero attached hydrogens (tertiary/aromatic N) is 4. The number of hydrogen-bond acceptors (Lipinski definition) is 5. The molecule has 1 atom stereocenters. The number of amides is 1. The van der Waals surface area contributed by atoms with Crippen LogP contribution in [0, 0.1) is 19.7 Å². The molecule has 8 nitrogen and oxygen atoms in total. The van der Waals surface area contributed by atoms with Gasteiger partial charge in [-0.05, 0) is 45.0 Å². The molecule has 0 saturated heterocycles. The van der Waals surface area contributed by atoms with Crippen molar-refractivity contribution in [2.45, 2.75) is 33.4 Å². The van der Waals surface area contributed by atoms with Crippen LogP contribution in [-0.4, -0.2) is 38.1 Å². The van der Waals surface area contributed by atoms with Crippen molar-refractivity contribution >= 4 is 5.91 Å². The minimum Gasteiger partial charge on any atom is -0.481 e. The molecule has 152 valence electrons. The van der Waals surface area contributed by atoms with Crippen molar-refractivity contribution in [2.75, 3.05) is 6.54 Å². The minimum absolute atomic E-state index is 0.184. The van der Waals surface area contributed by atoms with Crippen LogP contribution in [0.1, 0.15) is 18.3 Å². The van der Waals surface area contributed by atoms with Gasteiger partial charge in [-0.15, -0.1) is 5.10 Å². The Morgan fingerprint density at radius 1 is 1.21 bits per heavy atom. The number of benzene rings is 1. The Morgan fingerprint density at radius 3 is 2.69 bits per heavy atom. The smallest absolute Gasteiger partial charge is 0.266 e. The molecule has 0 spiro atoms. The first-order valence-electron chi connectivity index (χ1n) is 9.15. The van der Waals surface area contributed by atoms with Crippen LogP contribution in [-0.2, 0) is 11.3 Å². The molecule has 1 amide bonds. The highest BCUT2D eigenvalue weighted by Gasteiger charge is 2.15. The van der Waals surface area contributed by atoms with Gasteiger partial charge in [-0.3, -0.25) is 9.59 Å². The Kier molecular flexibility index (Phi) is 6.06. The first kappa shape index (κ1) is 20.2. The van der Waals surface area contributed by atoms with E-state index in [1.807, 2.05) is 19.9 Å². The lowest BCUT2D eigenvalue weighted by Crippen LogP contribution is -2.39. The van der Waals surface area contributed by atoms with Gasteiger partial charge >= 0.3 is 0 Å². The number of carbonyl (C=O) groups excluding carboxylic acids is 1. The fraction of sp³-hybridized carbons (Fsp3) is 0.300. The monoisotopic (exact) mass is 399 g/mol. The van der Waals surface area contributed by atoms with E-state index in [-0.39, 0.29) is 30.3 Å². The summed E-state index contributed by atoms with van der Waals surface area (Å²) in [5, 5.41) is 11.4. The number of hydrogen-bond donors (Lipinski definition) is 1. The lowest BCUT2D eigenvalue weighted by Gasteiger charge is -2.15. The number of carbonyl (C=O) groups is 1. The third-order valence-electron chi connectivity index (χ3n) is 4.18. The summed E-state index contributed by atoms with van der Waals surface area (Å²) in [7, 11) is 0. The van der Waals surface area contributed by atoms with Gasteiger partial charge in [-0.2, -0.15) is 5.10 Å². The molecular formula is C20H22FN5O3. The lowest BCUT2D eigenvalue weighted by molar-refractivity contribution is -0.127. The van der Waals surface area contributed by atoms with E-state index in [0.717, 1.165) is 11.4 Å². The molecule has 0 aliphatic rings. The molecule has 3 aromatic rings. The Bertz CT molecular complexity index is 1080. The minimum atomic E-state index is -0.817. The number of aryl methyl sites for hydroxylation is 2. The van der Waals surface area contributed by atoms with Gasteiger partial charge < -0.3 is 10.1 Å². The second-order valence-electron chi connectivity index (χ2n) is 6.60. The topological polar surface area (TPSA) is 91.0 Å². The number of rotatable bonds is 7. The second-order valence-corrected chi connectivity index (χ2v) is 6.60. The molecule has 0 bridgehead atoms. The summed E-state index contributed by atoms with van der Waals surface area (Å²) in [5.41, 5.74) is 1.46. The molecule has 3 rings (SSSR count). The Hall–Kier alpha value is -3.49. The van der Waals surface area contributed by atoms with Crippen molar-refractivity contribution in [1.29, 1.82) is 0 Å². The molecule has 0 saturated carbocycles. The zero-order valence-corrected chi connectivity index (χ0v) is 16.4. The molecule has 0 fully saturated rings. The zero-order chi connectivity index (χ0) is 21.0. The Labute approximate surface area is 166 Å². The van der Waals surface area contributed by atoms with Crippen molar-refractivity contribution in [3.63, 3.8) is 0 Å². The molecule has 29 heavy (non-hydrogen) atoms. The fourth-order valence-corrected chi connectivity index (χ4v) is 2.80. The zero-order valence-electron chi connectivity index (χ0n) is 16.4. The highest BCUT2D eigenvalue weighted by atomic mass is 19.1. The van der Waals surface area contributed by atoms with Gasteiger partial charge in [0.1, 0.15) is 11.6 Å². The van der Waals surface area contributed by atoms with Crippen LogP contribution in [0.15, 0.2) is 47.3 Å². The van der Waals surface area contributed by atoms with Crippen LogP contribution in [0.3, 0.4) is 0 Å². The van der Waals surface area contributed by atoms with Crippen LogP contribution >= 0.6 is 0 Å². The van der Waals surface area contributed by atoms with Gasteiger partial charge in [0.15, 0.2) is 11.9 Å². The highest BCUT2D eigenvalue weighted by molar-refractivity contribution is 5.80. The first-order chi connectivity index (χ1) is 13.8. The standard InChI is InChI=1S/C20H22FN5O3/c1-13-11-14(2)26(23-13)18-7-8-19(27)25(24-18)10-9-22-20(28)15(3)29-17-6-4-5-16(21)12-17/h4-8,11-12,15H,9-10H2,1-3H3,(H,22,28). The third kappa shape index (κ3) is 5.07. The number of ether oxygens (including phenoxy) is 1. The van der Waals surface area contributed by atoms with E-state index >= 15 is 0 Å². The number of aromatic nitrogens is 4. The van der Waals surface area contributed by atoms with E-state index in [9.17, 15) is 14.0 Å². The molecule has 1 N–H and O–H groups in total. The molecule has 0 aliphatic carbocycles. The fourth-order valence-electron chi connectivity index (χ4n) is 2.80. The van der Waals surface area contributed by atoms with Crippen LogP contribution in [0.25, 0.3) is 5.82 Å². The van der Waals surface area contributed by atoms with E-state index in [4.69, 9.17) is 4.74 Å². The largest absolute Gasteiger partial charge is 0.481 e. The molecular weight excluding hydrogens is 377 g/mol. The molecule has 9 heteroatoms. The van der Waals surface area contributed by atoms with Crippen LogP contribution in [0.4, 0.5) is 4.39 Å². The number of halogens is 1. The maximum Gasteiger partial charge on any atom is 0.266 e. The maximum atomic E-state index is 13.2. The molecule has 0 radical (unpaired) electrons. The van der Waals surface area contributed by atoms with E-state index in [0.29, 0.717) is 5.82 Å². The summed E-state index contributed by atoms with van der Waals surface area (Å²) in [4.78, 5) is 24.3. The van der Waals surface area contributed by atoms with Gasteiger partial charge in [-0.1, -0.05) is 6.07 Å². The van der Waals surface area contributed by atoms with Gasteiger partial charge in [0, 0.05) is 24.4 Å². The highest BCUT2D eigenvalue weighted by Crippen LogP contribution is 2.13. The SMILES string of the molecule is Cc1cc(C)n(-c2ccc(=O)n(CCNC(=O)C(C)Oc3cccc(F)c3)n2)n1. The van der Waals surface area contributed by atoms with Crippen LogP contribution < -0.4 is 15.6 Å². The van der Waals surface area contributed by atoms with Gasteiger partial charge in [-0.25, -0.2) is 13.8 Å². The average Bonchev–Trinajstić information content (AvgIpc) is 3.01. The van der Waals surface area contributed by atoms with Gasteiger partial charge in [0.2, 0.25) is 0 Å². The van der Waals surface area contributed by atoms with Crippen molar-refractivity contribution < 1.29 is 13.9 Å². The summed E-state index contributed by atoms with van der Waals surface area (Å²) >= 11 is 0. The molecule has 2 aromatic heterocycles. The summed E-state index contributed by atoms with van der Waals surface area (Å²) in [5.74, 6) is -0.0347. The second kappa shape index (κ2) is 8.68. The normalized spacial score (nSPS) is 11.9. The van der Waals surface area contributed by atoms with E-state index < -0.39 is 11.9 Å². The van der Waals surface area contributed by atoms with E-state index in [2.05, 4.69) is 15.5 Å². The summed E-state index contributed by atoms with van der Waals surface area (Å²) in [6.07, 6.45) is -0.817. The van der Waals surface area contributed by atoms with Crippen molar-refractivity contribution in [3.8, 4) is 11.6 Å². The lowest BCUT2D eigenvalue weighted by atomic mass is 10.3.